The lowest BCUT2D eigenvalue weighted by molar-refractivity contribution is -0.151. The molecule has 1 heterocycles. The monoisotopic (exact) mass is 219 g/mol. The van der Waals surface area contributed by atoms with Gasteiger partial charge in [-0.25, -0.2) is 0 Å². The molecular weight excluding hydrogens is 202 g/mol. The molecule has 0 N–H and O–H groups in total. The first-order valence-electron chi connectivity index (χ1n) is 5.32. The first-order chi connectivity index (χ1) is 7.62. The van der Waals surface area contributed by atoms with Gasteiger partial charge in [-0.2, -0.15) is 0 Å². The number of rotatable bonds is 5. The molecule has 0 aromatic carbocycles. The van der Waals surface area contributed by atoms with Gasteiger partial charge in [0, 0.05) is 12.4 Å². The summed E-state index contributed by atoms with van der Waals surface area (Å²) in [5, 5.41) is 0. The zero-order valence-corrected chi connectivity index (χ0v) is 9.77. The normalized spacial score (nSPS) is 13.9. The Hall–Kier alpha value is -1.64. The van der Waals surface area contributed by atoms with Crippen LogP contribution in [0.5, 0.6) is 0 Å². The van der Waals surface area contributed by atoms with Crippen LogP contribution in [0, 0.1) is 5.41 Å². The number of esters is 1. The average molecular weight is 219 g/mol. The molecule has 0 aliphatic rings. The first kappa shape index (κ1) is 12.4. The highest BCUT2D eigenvalue weighted by Gasteiger charge is 2.31. The Morgan fingerprint density at radius 3 is 2.69 bits per heavy atom. The van der Waals surface area contributed by atoms with Crippen molar-refractivity contribution in [2.24, 2.45) is 5.41 Å². The van der Waals surface area contributed by atoms with E-state index in [9.17, 15) is 4.79 Å². The van der Waals surface area contributed by atoms with Gasteiger partial charge >= 0.3 is 5.97 Å². The predicted molar refractivity (Wildman–Crippen MR) is 62.9 cm³/mol. The minimum atomic E-state index is -0.669. The van der Waals surface area contributed by atoms with Crippen LogP contribution in [0.15, 0.2) is 37.2 Å². The van der Waals surface area contributed by atoms with Crippen LogP contribution in [-0.4, -0.2) is 17.6 Å². The predicted octanol–water partition coefficient (Wildman–Crippen LogP) is 2.38. The van der Waals surface area contributed by atoms with E-state index in [-0.39, 0.29) is 5.97 Å². The molecule has 0 aliphatic heterocycles. The number of ether oxygens (including phenoxy) is 1. The summed E-state index contributed by atoms with van der Waals surface area (Å²) in [6.45, 7) is 7.73. The second-order valence-electron chi connectivity index (χ2n) is 3.87. The van der Waals surface area contributed by atoms with E-state index >= 15 is 0 Å². The van der Waals surface area contributed by atoms with Gasteiger partial charge in [-0.05, 0) is 38.0 Å². The van der Waals surface area contributed by atoms with E-state index in [2.05, 4.69) is 11.6 Å². The van der Waals surface area contributed by atoms with E-state index in [1.165, 1.54) is 0 Å². The molecule has 1 aromatic rings. The zero-order valence-electron chi connectivity index (χ0n) is 9.77. The van der Waals surface area contributed by atoms with Crippen molar-refractivity contribution in [2.45, 2.75) is 20.3 Å². The third-order valence-corrected chi connectivity index (χ3v) is 2.51. The molecule has 3 heteroatoms. The number of hydrogen-bond donors (Lipinski definition) is 0. The molecule has 0 saturated carbocycles. The molecule has 1 rings (SSSR count). The van der Waals surface area contributed by atoms with Gasteiger partial charge in [0.05, 0.1) is 12.0 Å². The maximum absolute atomic E-state index is 11.8. The van der Waals surface area contributed by atoms with E-state index in [0.717, 1.165) is 5.56 Å². The number of pyridine rings is 1. The van der Waals surface area contributed by atoms with Gasteiger partial charge in [-0.15, -0.1) is 6.58 Å². The molecule has 0 aliphatic carbocycles. The van der Waals surface area contributed by atoms with Crippen molar-refractivity contribution in [2.75, 3.05) is 6.61 Å². The summed E-state index contributed by atoms with van der Waals surface area (Å²) in [4.78, 5) is 15.7. The number of nitrogens with zero attached hydrogens (tertiary/aromatic N) is 1. The first-order valence-corrected chi connectivity index (χ1v) is 5.32. The highest BCUT2D eigenvalue weighted by molar-refractivity contribution is 5.79. The van der Waals surface area contributed by atoms with Gasteiger partial charge in [0.25, 0.3) is 0 Å². The van der Waals surface area contributed by atoms with Crippen molar-refractivity contribution in [1.82, 2.24) is 4.98 Å². The Bertz CT molecular complexity index is 361. The summed E-state index contributed by atoms with van der Waals surface area (Å²) in [6.07, 6.45) is 5.65. The molecule has 0 bridgehead atoms. The molecule has 1 atom stereocenters. The van der Waals surface area contributed by atoms with Crippen LogP contribution in [-0.2, 0) is 16.0 Å². The lowest BCUT2D eigenvalue weighted by Crippen LogP contribution is -2.30. The van der Waals surface area contributed by atoms with Crippen LogP contribution >= 0.6 is 0 Å². The fourth-order valence-electron chi connectivity index (χ4n) is 1.45. The minimum absolute atomic E-state index is 0.234. The summed E-state index contributed by atoms with van der Waals surface area (Å²) >= 11 is 0. The minimum Gasteiger partial charge on any atom is -0.465 e. The Kier molecular flexibility index (Phi) is 4.23. The molecular formula is C13H17NO2. The van der Waals surface area contributed by atoms with Crippen LogP contribution < -0.4 is 0 Å². The van der Waals surface area contributed by atoms with Gasteiger partial charge in [-0.3, -0.25) is 9.78 Å². The summed E-state index contributed by atoms with van der Waals surface area (Å²) in [6, 6.07) is 3.78. The van der Waals surface area contributed by atoms with Crippen LogP contribution in [0.3, 0.4) is 0 Å². The fraction of sp³-hybridized carbons (Fsp3) is 0.385. The molecule has 0 fully saturated rings. The topological polar surface area (TPSA) is 39.2 Å². The quantitative estimate of drug-likeness (QED) is 0.564. The van der Waals surface area contributed by atoms with Gasteiger partial charge in [0.15, 0.2) is 0 Å². The van der Waals surface area contributed by atoms with Crippen LogP contribution in [0.4, 0.5) is 0 Å². The van der Waals surface area contributed by atoms with E-state index in [4.69, 9.17) is 4.74 Å². The average Bonchev–Trinajstić information content (AvgIpc) is 2.30. The Morgan fingerprint density at radius 2 is 2.19 bits per heavy atom. The Labute approximate surface area is 96.2 Å². The molecule has 86 valence electrons. The highest BCUT2D eigenvalue weighted by atomic mass is 16.5. The zero-order chi connectivity index (χ0) is 12.0. The van der Waals surface area contributed by atoms with Crippen LogP contribution in [0.2, 0.25) is 0 Å². The van der Waals surface area contributed by atoms with E-state index in [1.54, 1.807) is 25.4 Å². The van der Waals surface area contributed by atoms with E-state index in [0.29, 0.717) is 13.0 Å². The number of aromatic nitrogens is 1. The van der Waals surface area contributed by atoms with Gasteiger partial charge in [0.2, 0.25) is 0 Å². The molecule has 16 heavy (non-hydrogen) atoms. The summed E-state index contributed by atoms with van der Waals surface area (Å²) in [5.41, 5.74) is 0.377. The number of carbonyl (C=O) groups is 1. The molecule has 0 amide bonds. The van der Waals surface area contributed by atoms with Crippen molar-refractivity contribution < 1.29 is 9.53 Å². The number of carbonyl (C=O) groups excluding carboxylic acids is 1. The highest BCUT2D eigenvalue weighted by Crippen LogP contribution is 2.25. The second kappa shape index (κ2) is 5.45. The smallest absolute Gasteiger partial charge is 0.315 e. The molecule has 0 saturated heterocycles. The van der Waals surface area contributed by atoms with Crippen molar-refractivity contribution in [1.29, 1.82) is 0 Å². The lowest BCUT2D eigenvalue weighted by Gasteiger charge is -2.23. The molecule has 1 unspecified atom stereocenters. The van der Waals surface area contributed by atoms with E-state index < -0.39 is 5.41 Å². The Morgan fingerprint density at radius 1 is 1.56 bits per heavy atom. The second-order valence-corrected chi connectivity index (χ2v) is 3.87. The fourth-order valence-corrected chi connectivity index (χ4v) is 1.45. The van der Waals surface area contributed by atoms with Crippen LogP contribution in [0.1, 0.15) is 19.4 Å². The van der Waals surface area contributed by atoms with Crippen LogP contribution in [0.25, 0.3) is 0 Å². The van der Waals surface area contributed by atoms with Crippen molar-refractivity contribution in [3.8, 4) is 0 Å². The maximum Gasteiger partial charge on any atom is 0.315 e. The van der Waals surface area contributed by atoms with Crippen molar-refractivity contribution in [3.63, 3.8) is 0 Å². The SMILES string of the molecule is C=CC(C)(Cc1ccncc1)C(=O)OCC. The largest absolute Gasteiger partial charge is 0.465 e. The van der Waals surface area contributed by atoms with Gasteiger partial charge in [-0.1, -0.05) is 6.08 Å². The molecule has 0 radical (unpaired) electrons. The summed E-state index contributed by atoms with van der Waals surface area (Å²) in [5.74, 6) is -0.234. The van der Waals surface area contributed by atoms with Gasteiger partial charge in [0.1, 0.15) is 0 Å². The van der Waals surface area contributed by atoms with Gasteiger partial charge < -0.3 is 4.74 Å². The third kappa shape index (κ3) is 2.92. The number of hydrogen-bond acceptors (Lipinski definition) is 3. The molecule has 3 nitrogen and oxygen atoms in total. The standard InChI is InChI=1S/C13H17NO2/c1-4-13(3,12(15)16-5-2)10-11-6-8-14-9-7-11/h4,6-9H,1,5,10H2,2-3H3. The lowest BCUT2D eigenvalue weighted by atomic mass is 9.84. The third-order valence-electron chi connectivity index (χ3n) is 2.51. The Balaban J connectivity index is 2.82. The van der Waals surface area contributed by atoms with Crippen molar-refractivity contribution in [3.05, 3.63) is 42.7 Å². The summed E-state index contributed by atoms with van der Waals surface area (Å²) < 4.78 is 5.04. The molecule has 0 spiro atoms. The summed E-state index contributed by atoms with van der Waals surface area (Å²) in [7, 11) is 0. The maximum atomic E-state index is 11.8. The molecule has 1 aromatic heterocycles. The van der Waals surface area contributed by atoms with Crippen molar-refractivity contribution >= 4 is 5.97 Å². The van der Waals surface area contributed by atoms with E-state index in [1.807, 2.05) is 19.1 Å².